The van der Waals surface area contributed by atoms with Gasteiger partial charge in [-0.2, -0.15) is 0 Å². The summed E-state index contributed by atoms with van der Waals surface area (Å²) in [6.45, 7) is 3.96. The Labute approximate surface area is 106 Å². The fourth-order valence-corrected chi connectivity index (χ4v) is 1.37. The number of nitrogen functional groups attached to an aromatic ring is 1. The van der Waals surface area contributed by atoms with Crippen LogP contribution in [-0.4, -0.2) is 24.5 Å². The summed E-state index contributed by atoms with van der Waals surface area (Å²) in [5.74, 6) is -0.222. The zero-order valence-electron chi connectivity index (χ0n) is 10.5. The van der Waals surface area contributed by atoms with Crippen molar-refractivity contribution in [2.75, 3.05) is 17.6 Å². The lowest BCUT2D eigenvalue weighted by molar-refractivity contribution is -0.122. The van der Waals surface area contributed by atoms with Crippen LogP contribution in [0.5, 0.6) is 0 Å². The minimum atomic E-state index is -0.592. The molecule has 0 fully saturated rings. The molecule has 0 saturated heterocycles. The number of likely N-dealkylation sites (N-methyl/N-ethyl adjacent to an activating group) is 1. The van der Waals surface area contributed by atoms with E-state index in [0.717, 1.165) is 0 Å². The van der Waals surface area contributed by atoms with Gasteiger partial charge in [-0.3, -0.25) is 4.79 Å². The number of hydrogen-bond acceptors (Lipinski definition) is 3. The van der Waals surface area contributed by atoms with Crippen LogP contribution in [0.1, 0.15) is 13.8 Å². The number of urea groups is 1. The Morgan fingerprint density at radius 2 is 2.11 bits per heavy atom. The molecule has 6 heteroatoms. The van der Waals surface area contributed by atoms with Crippen LogP contribution in [0.25, 0.3) is 0 Å². The zero-order chi connectivity index (χ0) is 13.5. The standard InChI is InChI=1S/C12H18N4O2/c1-3-14-11(17)8(2)15-12(18)16-10-6-4-5-9(13)7-10/h4-8H,3,13H2,1-2H3,(H,14,17)(H2,15,16,18). The van der Waals surface area contributed by atoms with Gasteiger partial charge in [0, 0.05) is 17.9 Å². The second-order valence-corrected chi connectivity index (χ2v) is 3.84. The lowest BCUT2D eigenvalue weighted by Gasteiger charge is -2.14. The molecule has 1 aromatic carbocycles. The number of nitrogens with one attached hydrogen (secondary N) is 3. The van der Waals surface area contributed by atoms with E-state index in [9.17, 15) is 9.59 Å². The smallest absolute Gasteiger partial charge is 0.319 e. The summed E-state index contributed by atoms with van der Waals surface area (Å²) in [6.07, 6.45) is 0. The van der Waals surface area contributed by atoms with Gasteiger partial charge in [0.25, 0.3) is 0 Å². The van der Waals surface area contributed by atoms with E-state index in [1.807, 2.05) is 6.92 Å². The second-order valence-electron chi connectivity index (χ2n) is 3.84. The largest absolute Gasteiger partial charge is 0.399 e. The summed E-state index contributed by atoms with van der Waals surface area (Å²) in [7, 11) is 0. The summed E-state index contributed by atoms with van der Waals surface area (Å²) < 4.78 is 0. The van der Waals surface area contributed by atoms with Crippen molar-refractivity contribution in [2.45, 2.75) is 19.9 Å². The molecule has 1 atom stereocenters. The van der Waals surface area contributed by atoms with Crippen molar-refractivity contribution in [1.82, 2.24) is 10.6 Å². The van der Waals surface area contributed by atoms with Crippen molar-refractivity contribution in [3.05, 3.63) is 24.3 Å². The minimum Gasteiger partial charge on any atom is -0.399 e. The Kier molecular flexibility index (Phi) is 4.98. The molecule has 0 aromatic heterocycles. The molecule has 98 valence electrons. The van der Waals surface area contributed by atoms with Crippen LogP contribution in [0.15, 0.2) is 24.3 Å². The van der Waals surface area contributed by atoms with E-state index in [4.69, 9.17) is 5.73 Å². The summed E-state index contributed by atoms with van der Waals surface area (Å²) in [5.41, 5.74) is 6.73. The summed E-state index contributed by atoms with van der Waals surface area (Å²) in [4.78, 5) is 23.0. The average molecular weight is 250 g/mol. The van der Waals surface area contributed by atoms with E-state index >= 15 is 0 Å². The van der Waals surface area contributed by atoms with Crippen LogP contribution in [0.3, 0.4) is 0 Å². The van der Waals surface area contributed by atoms with Crippen LogP contribution in [0.2, 0.25) is 0 Å². The summed E-state index contributed by atoms with van der Waals surface area (Å²) in [5, 5.41) is 7.75. The maximum atomic E-state index is 11.6. The lowest BCUT2D eigenvalue weighted by Crippen LogP contribution is -2.46. The monoisotopic (exact) mass is 250 g/mol. The van der Waals surface area contributed by atoms with E-state index in [0.29, 0.717) is 17.9 Å². The van der Waals surface area contributed by atoms with Gasteiger partial charge in [-0.05, 0) is 32.0 Å². The van der Waals surface area contributed by atoms with Gasteiger partial charge in [0.15, 0.2) is 0 Å². The number of anilines is 2. The van der Waals surface area contributed by atoms with E-state index in [1.54, 1.807) is 31.2 Å². The van der Waals surface area contributed by atoms with Gasteiger partial charge in [0.05, 0.1) is 0 Å². The molecule has 0 aliphatic rings. The molecular formula is C12H18N4O2. The predicted octanol–water partition coefficient (Wildman–Crippen LogP) is 0.915. The van der Waals surface area contributed by atoms with Crippen LogP contribution in [-0.2, 0) is 4.79 Å². The highest BCUT2D eigenvalue weighted by molar-refractivity contribution is 5.93. The highest BCUT2D eigenvalue weighted by Gasteiger charge is 2.14. The third-order valence-corrected chi connectivity index (χ3v) is 2.24. The normalized spacial score (nSPS) is 11.4. The topological polar surface area (TPSA) is 96.2 Å². The van der Waals surface area contributed by atoms with Crippen LogP contribution in [0.4, 0.5) is 16.2 Å². The Hall–Kier alpha value is -2.24. The third-order valence-electron chi connectivity index (χ3n) is 2.24. The average Bonchev–Trinajstić information content (AvgIpc) is 2.28. The molecule has 0 aliphatic heterocycles. The van der Waals surface area contributed by atoms with Crippen molar-refractivity contribution >= 4 is 23.3 Å². The first-order valence-electron chi connectivity index (χ1n) is 5.73. The number of hydrogen-bond donors (Lipinski definition) is 4. The quantitative estimate of drug-likeness (QED) is 0.598. The Morgan fingerprint density at radius 1 is 1.39 bits per heavy atom. The first kappa shape index (κ1) is 13.8. The van der Waals surface area contributed by atoms with Gasteiger partial charge in [-0.15, -0.1) is 0 Å². The number of carbonyl (C=O) groups is 2. The fraction of sp³-hybridized carbons (Fsp3) is 0.333. The molecule has 1 rings (SSSR count). The van der Waals surface area contributed by atoms with E-state index < -0.39 is 12.1 Å². The van der Waals surface area contributed by atoms with Crippen molar-refractivity contribution < 1.29 is 9.59 Å². The number of rotatable bonds is 4. The summed E-state index contributed by atoms with van der Waals surface area (Å²) in [6, 6.07) is 5.77. The van der Waals surface area contributed by atoms with Crippen molar-refractivity contribution in [3.63, 3.8) is 0 Å². The SMILES string of the molecule is CCNC(=O)C(C)NC(=O)Nc1cccc(N)c1. The summed E-state index contributed by atoms with van der Waals surface area (Å²) >= 11 is 0. The Balaban J connectivity index is 2.49. The maximum Gasteiger partial charge on any atom is 0.319 e. The molecule has 0 heterocycles. The second kappa shape index (κ2) is 6.48. The highest BCUT2D eigenvalue weighted by Crippen LogP contribution is 2.11. The van der Waals surface area contributed by atoms with Gasteiger partial charge in [0.2, 0.25) is 5.91 Å². The van der Waals surface area contributed by atoms with E-state index in [-0.39, 0.29) is 5.91 Å². The molecule has 0 saturated carbocycles. The molecule has 0 spiro atoms. The molecule has 0 bridgehead atoms. The lowest BCUT2D eigenvalue weighted by atomic mass is 10.3. The van der Waals surface area contributed by atoms with Crippen molar-refractivity contribution in [2.24, 2.45) is 0 Å². The fourth-order valence-electron chi connectivity index (χ4n) is 1.37. The van der Waals surface area contributed by atoms with Crippen LogP contribution < -0.4 is 21.7 Å². The predicted molar refractivity (Wildman–Crippen MR) is 71.2 cm³/mol. The highest BCUT2D eigenvalue weighted by atomic mass is 16.2. The molecule has 3 amide bonds. The van der Waals surface area contributed by atoms with Gasteiger partial charge < -0.3 is 21.7 Å². The number of amides is 3. The van der Waals surface area contributed by atoms with Crippen LogP contribution >= 0.6 is 0 Å². The van der Waals surface area contributed by atoms with Crippen LogP contribution in [0, 0.1) is 0 Å². The molecule has 1 unspecified atom stereocenters. The Bertz CT molecular complexity index is 434. The van der Waals surface area contributed by atoms with Crippen molar-refractivity contribution in [1.29, 1.82) is 0 Å². The molecule has 0 aliphatic carbocycles. The first-order valence-corrected chi connectivity index (χ1v) is 5.73. The van der Waals surface area contributed by atoms with Gasteiger partial charge in [-0.25, -0.2) is 4.79 Å². The van der Waals surface area contributed by atoms with Crippen molar-refractivity contribution in [3.8, 4) is 0 Å². The van der Waals surface area contributed by atoms with E-state index in [2.05, 4.69) is 16.0 Å². The van der Waals surface area contributed by atoms with Gasteiger partial charge in [-0.1, -0.05) is 6.07 Å². The molecule has 0 radical (unpaired) electrons. The van der Waals surface area contributed by atoms with E-state index in [1.165, 1.54) is 0 Å². The number of nitrogens with two attached hydrogens (primary N) is 1. The molecule has 18 heavy (non-hydrogen) atoms. The van der Waals surface area contributed by atoms with Gasteiger partial charge >= 0.3 is 6.03 Å². The molecule has 1 aromatic rings. The first-order chi connectivity index (χ1) is 8.52. The molecule has 6 nitrogen and oxygen atoms in total. The molecular weight excluding hydrogens is 232 g/mol. The Morgan fingerprint density at radius 3 is 2.72 bits per heavy atom. The van der Waals surface area contributed by atoms with Gasteiger partial charge in [0.1, 0.15) is 6.04 Å². The molecule has 5 N–H and O–H groups in total. The number of carbonyl (C=O) groups excluding carboxylic acids is 2. The minimum absolute atomic E-state index is 0.222. The maximum absolute atomic E-state index is 11.6. The third kappa shape index (κ3) is 4.32. The zero-order valence-corrected chi connectivity index (χ0v) is 10.5. The number of benzene rings is 1.